The molecule has 0 saturated carbocycles. The molecule has 2 unspecified atom stereocenters. The normalized spacial score (nSPS) is 20.6. The highest BCUT2D eigenvalue weighted by atomic mass is 19.4. The van der Waals surface area contributed by atoms with Crippen molar-refractivity contribution in [3.05, 3.63) is 0 Å². The summed E-state index contributed by atoms with van der Waals surface area (Å²) in [4.78, 5) is 26.7. The van der Waals surface area contributed by atoms with E-state index < -0.39 is 24.5 Å². The Hall–Kier alpha value is -1.31. The maximum atomic E-state index is 12.5. The second-order valence-corrected chi connectivity index (χ2v) is 5.73. The Morgan fingerprint density at radius 3 is 2.55 bits per heavy atom. The molecule has 1 heterocycles. The van der Waals surface area contributed by atoms with Crippen molar-refractivity contribution in [3.8, 4) is 0 Å². The third kappa shape index (κ3) is 5.15. The number of hydrogen-bond acceptors (Lipinski definition) is 3. The Morgan fingerprint density at radius 2 is 2.05 bits per heavy atom. The topological polar surface area (TPSA) is 66.6 Å². The molecule has 1 saturated heterocycles. The highest BCUT2D eigenvalue weighted by molar-refractivity contribution is 5.82. The lowest BCUT2D eigenvalue weighted by Crippen LogP contribution is -2.50. The van der Waals surface area contributed by atoms with Crippen molar-refractivity contribution in [1.29, 1.82) is 0 Å². The van der Waals surface area contributed by atoms with Gasteiger partial charge in [0.1, 0.15) is 6.54 Å². The largest absolute Gasteiger partial charge is 0.406 e. The molecule has 22 heavy (non-hydrogen) atoms. The van der Waals surface area contributed by atoms with Crippen LogP contribution in [0.4, 0.5) is 13.2 Å². The van der Waals surface area contributed by atoms with Crippen LogP contribution in [0.3, 0.4) is 0 Å². The molecule has 1 fully saturated rings. The van der Waals surface area contributed by atoms with Crippen LogP contribution in [-0.4, -0.2) is 60.5 Å². The quantitative estimate of drug-likeness (QED) is 0.827. The summed E-state index contributed by atoms with van der Waals surface area (Å²) in [6.45, 7) is 2.90. The minimum absolute atomic E-state index is 0.00198. The number of hydrogen-bond donors (Lipinski definition) is 1. The summed E-state index contributed by atoms with van der Waals surface area (Å²) in [5, 5.41) is 0. The summed E-state index contributed by atoms with van der Waals surface area (Å²) in [5.41, 5.74) is 5.47. The van der Waals surface area contributed by atoms with Crippen molar-refractivity contribution in [2.75, 3.05) is 32.7 Å². The van der Waals surface area contributed by atoms with E-state index in [4.69, 9.17) is 5.73 Å². The fourth-order valence-corrected chi connectivity index (χ4v) is 2.61. The average molecular weight is 323 g/mol. The van der Waals surface area contributed by atoms with E-state index in [2.05, 4.69) is 0 Å². The van der Waals surface area contributed by atoms with Gasteiger partial charge in [-0.05, 0) is 19.8 Å². The Kier molecular flexibility index (Phi) is 6.65. The number of likely N-dealkylation sites (tertiary alicyclic amines) is 1. The Balaban J connectivity index is 2.71. The minimum Gasteiger partial charge on any atom is -0.342 e. The second-order valence-electron chi connectivity index (χ2n) is 5.73. The molecule has 0 radical (unpaired) electrons. The first kappa shape index (κ1) is 18.7. The number of nitrogens with zero attached hydrogens (tertiary/aromatic N) is 2. The van der Waals surface area contributed by atoms with Gasteiger partial charge >= 0.3 is 6.18 Å². The van der Waals surface area contributed by atoms with E-state index in [1.54, 1.807) is 11.8 Å². The van der Waals surface area contributed by atoms with Crippen LogP contribution in [0.1, 0.15) is 26.7 Å². The van der Waals surface area contributed by atoms with E-state index >= 15 is 0 Å². The first-order valence-corrected chi connectivity index (χ1v) is 7.54. The van der Waals surface area contributed by atoms with E-state index in [-0.39, 0.29) is 31.5 Å². The van der Waals surface area contributed by atoms with Gasteiger partial charge < -0.3 is 15.5 Å². The van der Waals surface area contributed by atoms with Gasteiger partial charge in [-0.1, -0.05) is 6.92 Å². The average Bonchev–Trinajstić information content (AvgIpc) is 2.49. The van der Waals surface area contributed by atoms with Crippen LogP contribution in [0.5, 0.6) is 0 Å². The van der Waals surface area contributed by atoms with Gasteiger partial charge in [-0.3, -0.25) is 9.59 Å². The number of alkyl halides is 3. The van der Waals surface area contributed by atoms with E-state index in [0.717, 1.165) is 4.90 Å². The second kappa shape index (κ2) is 7.80. The summed E-state index contributed by atoms with van der Waals surface area (Å²) in [6.07, 6.45) is -3.29. The monoisotopic (exact) mass is 323 g/mol. The molecule has 5 nitrogen and oxygen atoms in total. The third-order valence-corrected chi connectivity index (χ3v) is 3.92. The molecule has 128 valence electrons. The fraction of sp³-hybridized carbons (Fsp3) is 0.857. The lowest BCUT2D eigenvalue weighted by atomic mass is 9.95. The molecule has 1 rings (SSSR count). The highest BCUT2D eigenvalue weighted by Crippen LogP contribution is 2.23. The fourth-order valence-electron chi connectivity index (χ4n) is 2.61. The van der Waals surface area contributed by atoms with Crippen LogP contribution in [0.2, 0.25) is 0 Å². The van der Waals surface area contributed by atoms with Crippen LogP contribution < -0.4 is 5.73 Å². The number of piperidine rings is 1. The van der Waals surface area contributed by atoms with E-state index in [9.17, 15) is 22.8 Å². The molecule has 0 aromatic rings. The van der Waals surface area contributed by atoms with Crippen molar-refractivity contribution < 1.29 is 22.8 Å². The predicted octanol–water partition coefficient (Wildman–Crippen LogP) is 1.23. The van der Waals surface area contributed by atoms with Gasteiger partial charge in [0.2, 0.25) is 11.8 Å². The molecule has 2 N–H and O–H groups in total. The molecular formula is C14H24F3N3O2. The van der Waals surface area contributed by atoms with Crippen LogP contribution in [0.25, 0.3) is 0 Å². The summed E-state index contributed by atoms with van der Waals surface area (Å²) >= 11 is 0. The van der Waals surface area contributed by atoms with Crippen molar-refractivity contribution in [2.24, 2.45) is 17.6 Å². The van der Waals surface area contributed by atoms with Crippen molar-refractivity contribution in [1.82, 2.24) is 9.80 Å². The van der Waals surface area contributed by atoms with E-state index in [0.29, 0.717) is 19.4 Å². The number of amides is 2. The summed E-state index contributed by atoms with van der Waals surface area (Å²) in [6, 6.07) is 0. The van der Waals surface area contributed by atoms with Crippen LogP contribution in [-0.2, 0) is 9.59 Å². The van der Waals surface area contributed by atoms with Gasteiger partial charge in [0, 0.05) is 32.1 Å². The number of carbonyl (C=O) groups excluding carboxylic acids is 2. The molecule has 2 amide bonds. The molecule has 2 atom stereocenters. The van der Waals surface area contributed by atoms with Gasteiger partial charge in [-0.15, -0.1) is 0 Å². The van der Waals surface area contributed by atoms with Gasteiger partial charge in [0.25, 0.3) is 0 Å². The van der Waals surface area contributed by atoms with Gasteiger partial charge in [-0.2, -0.15) is 13.2 Å². The standard InChI is InChI=1S/C14H24F3N3O2/c1-3-19(9-14(15,16)17)13(22)11-5-4-6-20(8-11)12(21)10(2)7-18/h10-11H,3-9,18H2,1-2H3. The first-order valence-electron chi connectivity index (χ1n) is 7.54. The zero-order valence-corrected chi connectivity index (χ0v) is 13.0. The summed E-state index contributed by atoms with van der Waals surface area (Å²) < 4.78 is 37.5. The molecular weight excluding hydrogens is 299 g/mol. The lowest BCUT2D eigenvalue weighted by molar-refractivity contribution is -0.165. The maximum Gasteiger partial charge on any atom is 0.406 e. The molecule has 1 aliphatic heterocycles. The zero-order valence-electron chi connectivity index (χ0n) is 13.0. The number of carbonyl (C=O) groups is 2. The highest BCUT2D eigenvalue weighted by Gasteiger charge is 2.37. The van der Waals surface area contributed by atoms with E-state index in [1.165, 1.54) is 6.92 Å². The Morgan fingerprint density at radius 1 is 1.41 bits per heavy atom. The molecule has 0 bridgehead atoms. The summed E-state index contributed by atoms with van der Waals surface area (Å²) in [7, 11) is 0. The van der Waals surface area contributed by atoms with Crippen molar-refractivity contribution >= 4 is 11.8 Å². The SMILES string of the molecule is CCN(CC(F)(F)F)C(=O)C1CCCN(C(=O)C(C)CN)C1. The molecule has 1 aliphatic rings. The molecule has 0 aliphatic carbocycles. The molecule has 0 aromatic heterocycles. The number of nitrogens with two attached hydrogens (primary N) is 1. The van der Waals surface area contributed by atoms with E-state index in [1.807, 2.05) is 0 Å². The third-order valence-electron chi connectivity index (χ3n) is 3.92. The maximum absolute atomic E-state index is 12.5. The Bertz CT molecular complexity index is 401. The zero-order chi connectivity index (χ0) is 16.9. The predicted molar refractivity (Wildman–Crippen MR) is 75.8 cm³/mol. The van der Waals surface area contributed by atoms with Gasteiger partial charge in [0.05, 0.1) is 5.92 Å². The summed E-state index contributed by atoms with van der Waals surface area (Å²) in [5.74, 6) is -1.58. The van der Waals surface area contributed by atoms with Crippen LogP contribution in [0.15, 0.2) is 0 Å². The van der Waals surface area contributed by atoms with Crippen LogP contribution in [0, 0.1) is 11.8 Å². The number of rotatable bonds is 5. The van der Waals surface area contributed by atoms with Gasteiger partial charge in [-0.25, -0.2) is 0 Å². The number of halogens is 3. The molecule has 0 aromatic carbocycles. The first-order chi connectivity index (χ1) is 10.2. The van der Waals surface area contributed by atoms with Crippen LogP contribution >= 0.6 is 0 Å². The lowest BCUT2D eigenvalue weighted by Gasteiger charge is -2.36. The van der Waals surface area contributed by atoms with Crippen molar-refractivity contribution in [3.63, 3.8) is 0 Å². The molecule has 0 spiro atoms. The van der Waals surface area contributed by atoms with Gasteiger partial charge in [0.15, 0.2) is 0 Å². The smallest absolute Gasteiger partial charge is 0.342 e. The molecule has 8 heteroatoms. The minimum atomic E-state index is -4.41. The Labute approximate surface area is 128 Å². The van der Waals surface area contributed by atoms with Crippen molar-refractivity contribution in [2.45, 2.75) is 32.9 Å².